The molecule has 0 saturated carbocycles. The summed E-state index contributed by atoms with van der Waals surface area (Å²) in [6.45, 7) is -0.360. The van der Waals surface area contributed by atoms with Gasteiger partial charge in [0.05, 0.1) is 18.5 Å². The summed E-state index contributed by atoms with van der Waals surface area (Å²) in [4.78, 5) is 7.03. The summed E-state index contributed by atoms with van der Waals surface area (Å²) in [6.07, 6.45) is -0.707. The highest BCUT2D eigenvalue weighted by Gasteiger charge is 2.43. The van der Waals surface area contributed by atoms with E-state index in [0.717, 1.165) is 0 Å². The maximum Gasteiger partial charge on any atom is 0.164 e. The Labute approximate surface area is 113 Å². The number of pyridine rings is 1. The molecule has 1 saturated heterocycles. The number of rotatable bonds is 2. The lowest BCUT2D eigenvalue weighted by molar-refractivity contribution is -0.0508. The lowest BCUT2D eigenvalue weighted by Crippen LogP contribution is -2.33. The van der Waals surface area contributed by atoms with E-state index in [1.807, 2.05) is 0 Å². The molecule has 1 fully saturated rings. The molecule has 3 rings (SSSR count). The number of fused-ring (bicyclic) bond motifs is 1. The van der Waals surface area contributed by atoms with Gasteiger partial charge in [-0.25, -0.2) is 4.98 Å². The molecule has 0 spiro atoms. The first-order chi connectivity index (χ1) is 9.13. The van der Waals surface area contributed by atoms with Gasteiger partial charge >= 0.3 is 0 Å². The van der Waals surface area contributed by atoms with Gasteiger partial charge in [0.25, 0.3) is 0 Å². The largest absolute Gasteiger partial charge is 0.394 e. The van der Waals surface area contributed by atoms with Crippen molar-refractivity contribution in [3.05, 3.63) is 23.2 Å². The van der Waals surface area contributed by atoms with Crippen molar-refractivity contribution >= 4 is 23.3 Å². The Morgan fingerprint density at radius 2 is 2.21 bits per heavy atom. The van der Waals surface area contributed by atoms with E-state index < -0.39 is 24.5 Å². The Balaban J connectivity index is 2.06. The first-order valence-electron chi connectivity index (χ1n) is 5.80. The van der Waals surface area contributed by atoms with E-state index in [1.54, 1.807) is 16.8 Å². The molecule has 0 aliphatic carbocycles. The summed E-state index contributed by atoms with van der Waals surface area (Å²) in [6, 6.07) is 1.76. The van der Waals surface area contributed by atoms with Crippen LogP contribution in [0.1, 0.15) is 6.23 Å². The van der Waals surface area contributed by atoms with Crippen LogP contribution in [-0.4, -0.2) is 54.8 Å². The molecule has 19 heavy (non-hydrogen) atoms. The fraction of sp³-hybridized carbons (Fsp3) is 0.455. The second-order valence-corrected chi connectivity index (χ2v) is 4.83. The third-order valence-corrected chi connectivity index (χ3v) is 3.61. The van der Waals surface area contributed by atoms with Crippen LogP contribution in [-0.2, 0) is 4.74 Å². The van der Waals surface area contributed by atoms with Gasteiger partial charge in [-0.1, -0.05) is 12.2 Å². The molecule has 2 aromatic rings. The summed E-state index contributed by atoms with van der Waals surface area (Å²) < 4.78 is 7.54. The first-order valence-corrected chi connectivity index (χ1v) is 6.21. The average molecular weight is 283 g/mol. The minimum atomic E-state index is -1.13. The number of aliphatic hydroxyl groups excluding tert-OH is 3. The highest BCUT2D eigenvalue weighted by Crippen LogP contribution is 2.31. The molecule has 0 radical (unpaired) electrons. The highest BCUT2D eigenvalue weighted by atomic mass is 32.1. The van der Waals surface area contributed by atoms with Crippen LogP contribution >= 0.6 is 12.2 Å². The van der Waals surface area contributed by atoms with Crippen LogP contribution < -0.4 is 0 Å². The number of nitrogens with zero attached hydrogens (tertiary/aromatic N) is 2. The maximum atomic E-state index is 9.99. The number of aromatic nitrogens is 3. The van der Waals surface area contributed by atoms with E-state index in [4.69, 9.17) is 22.1 Å². The second kappa shape index (κ2) is 4.66. The van der Waals surface area contributed by atoms with Crippen LogP contribution in [0.4, 0.5) is 0 Å². The number of imidazole rings is 1. The summed E-state index contributed by atoms with van der Waals surface area (Å²) in [7, 11) is 0. The molecule has 4 atom stereocenters. The standard InChI is InChI=1S/C11H13N3O4S/c15-3-6-8(16)9(17)11(18-6)14-4-13-7-5(14)1-2-12-10(7)19/h1-2,4,6,8-9,11,15-17H,3H2,(H,12,19). The van der Waals surface area contributed by atoms with Gasteiger partial charge in [0.15, 0.2) is 6.23 Å². The van der Waals surface area contributed by atoms with Gasteiger partial charge in [-0.2, -0.15) is 0 Å². The monoisotopic (exact) mass is 283 g/mol. The topological polar surface area (TPSA) is 104 Å². The molecule has 3 heterocycles. The van der Waals surface area contributed by atoms with Crippen molar-refractivity contribution in [2.24, 2.45) is 0 Å². The van der Waals surface area contributed by atoms with Crippen LogP contribution in [0.5, 0.6) is 0 Å². The molecule has 1 aliphatic heterocycles. The van der Waals surface area contributed by atoms with E-state index in [9.17, 15) is 10.2 Å². The Bertz CT molecular complexity index is 655. The summed E-state index contributed by atoms with van der Waals surface area (Å²) in [5, 5.41) is 28.8. The fourth-order valence-corrected chi connectivity index (χ4v) is 2.51. The molecule has 4 N–H and O–H groups in total. The third-order valence-electron chi connectivity index (χ3n) is 3.29. The van der Waals surface area contributed by atoms with Gasteiger partial charge in [-0.15, -0.1) is 0 Å². The SMILES string of the molecule is OCC1OC(n2cnc3c(=S)[nH]ccc32)C(O)C1O. The predicted octanol–water partition coefficient (Wildman–Crippen LogP) is -0.295. The zero-order valence-electron chi connectivity index (χ0n) is 9.80. The van der Waals surface area contributed by atoms with Crippen LogP contribution in [0.3, 0.4) is 0 Å². The van der Waals surface area contributed by atoms with Gasteiger partial charge in [-0.05, 0) is 6.07 Å². The number of hydrogen-bond acceptors (Lipinski definition) is 6. The molecule has 102 valence electrons. The van der Waals surface area contributed by atoms with Gasteiger partial charge in [0.2, 0.25) is 0 Å². The number of hydrogen-bond donors (Lipinski definition) is 4. The Morgan fingerprint density at radius 3 is 2.89 bits per heavy atom. The first kappa shape index (κ1) is 12.7. The lowest BCUT2D eigenvalue weighted by Gasteiger charge is -2.16. The normalized spacial score (nSPS) is 31.1. The van der Waals surface area contributed by atoms with Crippen molar-refractivity contribution in [1.82, 2.24) is 14.5 Å². The average Bonchev–Trinajstić information content (AvgIpc) is 2.94. The van der Waals surface area contributed by atoms with Crippen LogP contribution in [0.2, 0.25) is 0 Å². The zero-order chi connectivity index (χ0) is 13.6. The smallest absolute Gasteiger partial charge is 0.164 e. The van der Waals surface area contributed by atoms with Crippen LogP contribution in [0.15, 0.2) is 18.6 Å². The van der Waals surface area contributed by atoms with Crippen molar-refractivity contribution < 1.29 is 20.1 Å². The number of ether oxygens (including phenoxy) is 1. The molecule has 2 aromatic heterocycles. The van der Waals surface area contributed by atoms with Crippen molar-refractivity contribution in [2.75, 3.05) is 6.61 Å². The minimum absolute atomic E-state index is 0.360. The molecule has 0 amide bonds. The van der Waals surface area contributed by atoms with E-state index >= 15 is 0 Å². The van der Waals surface area contributed by atoms with E-state index in [1.165, 1.54) is 6.33 Å². The van der Waals surface area contributed by atoms with Crippen molar-refractivity contribution in [2.45, 2.75) is 24.5 Å². The van der Waals surface area contributed by atoms with Gasteiger partial charge in [-0.3, -0.25) is 0 Å². The highest BCUT2D eigenvalue weighted by molar-refractivity contribution is 7.71. The Kier molecular flexibility index (Phi) is 3.11. The molecule has 0 bridgehead atoms. The summed E-state index contributed by atoms with van der Waals surface area (Å²) >= 11 is 5.12. The zero-order valence-corrected chi connectivity index (χ0v) is 10.6. The van der Waals surface area contributed by atoms with Gasteiger partial charge < -0.3 is 29.6 Å². The fourth-order valence-electron chi connectivity index (χ4n) is 2.29. The molecule has 4 unspecified atom stereocenters. The summed E-state index contributed by atoms with van der Waals surface area (Å²) in [5.41, 5.74) is 1.29. The lowest BCUT2D eigenvalue weighted by atomic mass is 10.1. The molecule has 0 aromatic carbocycles. The van der Waals surface area contributed by atoms with Crippen molar-refractivity contribution in [3.8, 4) is 0 Å². The van der Waals surface area contributed by atoms with E-state index in [2.05, 4.69) is 9.97 Å². The second-order valence-electron chi connectivity index (χ2n) is 4.42. The van der Waals surface area contributed by atoms with Crippen molar-refractivity contribution in [3.63, 3.8) is 0 Å². The van der Waals surface area contributed by atoms with E-state index in [0.29, 0.717) is 15.7 Å². The minimum Gasteiger partial charge on any atom is -0.394 e. The number of nitrogens with one attached hydrogen (secondary N) is 1. The predicted molar refractivity (Wildman–Crippen MR) is 67.9 cm³/mol. The van der Waals surface area contributed by atoms with Crippen molar-refractivity contribution in [1.29, 1.82) is 0 Å². The van der Waals surface area contributed by atoms with E-state index in [-0.39, 0.29) is 6.61 Å². The molecule has 7 nitrogen and oxygen atoms in total. The number of aromatic amines is 1. The van der Waals surface area contributed by atoms with Crippen LogP contribution in [0.25, 0.3) is 11.0 Å². The molecule has 8 heteroatoms. The van der Waals surface area contributed by atoms with Gasteiger partial charge in [0, 0.05) is 6.20 Å². The quantitative estimate of drug-likeness (QED) is 0.565. The number of H-pyrrole nitrogens is 1. The third kappa shape index (κ3) is 1.88. The van der Waals surface area contributed by atoms with Crippen LogP contribution in [0, 0.1) is 4.64 Å². The molecular formula is C11H13N3O4S. The molecule has 1 aliphatic rings. The Hall–Kier alpha value is -1.32. The Morgan fingerprint density at radius 1 is 1.42 bits per heavy atom. The molecular weight excluding hydrogens is 270 g/mol. The summed E-state index contributed by atoms with van der Waals surface area (Å²) in [5.74, 6) is 0. The maximum absolute atomic E-state index is 9.99. The van der Waals surface area contributed by atoms with Gasteiger partial charge in [0.1, 0.15) is 28.5 Å². The number of aliphatic hydroxyl groups is 3.